The van der Waals surface area contributed by atoms with Crippen LogP contribution >= 0.6 is 11.6 Å². The summed E-state index contributed by atoms with van der Waals surface area (Å²) in [5.41, 5.74) is 6.37. The Balaban J connectivity index is 0.00000204. The standard InChI is InChI=1S/C20H24ClFN4O.C2H6/c1-24-20(9-3-2-5-15(20)14-23)17-13-16(7-8-18(17)22)26-19(21)6-4-10-25-11-12-27;1-2/h4,6-8,10-13,15,26H,1-3,5,9,14,23H2;1-2H3/b10-4-,19-6-,25-11?;. The lowest BCUT2D eigenvalue weighted by Gasteiger charge is -2.41. The molecule has 1 saturated carbocycles. The molecule has 1 aromatic rings. The first-order chi connectivity index (χ1) is 14.1. The fraction of sp³-hybridized carbons (Fsp3) is 0.409. The molecular weight excluding hydrogens is 391 g/mol. The van der Waals surface area contributed by atoms with Crippen LogP contribution in [0.3, 0.4) is 0 Å². The number of carbonyl (C=O) groups excluding carboxylic acids is 1. The summed E-state index contributed by atoms with van der Waals surface area (Å²) >= 11 is 6.16. The molecule has 2 rings (SSSR count). The van der Waals surface area contributed by atoms with Crippen molar-refractivity contribution >= 4 is 36.5 Å². The molecule has 2 atom stereocenters. The third kappa shape index (κ3) is 6.61. The van der Waals surface area contributed by atoms with Crippen LogP contribution in [0.25, 0.3) is 0 Å². The molecule has 3 N–H and O–H groups in total. The molecule has 0 radical (unpaired) electrons. The fourth-order valence-electron chi connectivity index (χ4n) is 3.57. The summed E-state index contributed by atoms with van der Waals surface area (Å²) in [6, 6.07) is 4.74. The Hall–Kier alpha value is -2.31. The minimum atomic E-state index is -0.714. The molecule has 29 heavy (non-hydrogen) atoms. The summed E-state index contributed by atoms with van der Waals surface area (Å²) in [6.45, 7) is 8.18. The largest absolute Gasteiger partial charge is 0.346 e. The van der Waals surface area contributed by atoms with Crippen LogP contribution in [0.1, 0.15) is 45.1 Å². The van der Waals surface area contributed by atoms with E-state index in [4.69, 9.17) is 17.3 Å². The third-order valence-corrected chi connectivity index (χ3v) is 5.08. The van der Waals surface area contributed by atoms with Gasteiger partial charge < -0.3 is 11.1 Å². The van der Waals surface area contributed by atoms with Crippen molar-refractivity contribution in [2.75, 3.05) is 11.9 Å². The van der Waals surface area contributed by atoms with E-state index in [9.17, 15) is 9.18 Å². The van der Waals surface area contributed by atoms with Crippen molar-refractivity contribution < 1.29 is 9.18 Å². The SMILES string of the molecule is C=NC1(c2cc(N/C(Cl)=C\C=C/N=CC=O)ccc2F)CCCCC1CN.CC. The number of aliphatic imine (C=N–C) groups is 2. The Labute approximate surface area is 177 Å². The lowest BCUT2D eigenvalue weighted by Crippen LogP contribution is -2.41. The summed E-state index contributed by atoms with van der Waals surface area (Å²) in [6.07, 6.45) is 9.94. The van der Waals surface area contributed by atoms with E-state index in [0.29, 0.717) is 29.2 Å². The molecular formula is C22H30ClFN4O. The van der Waals surface area contributed by atoms with Crippen molar-refractivity contribution in [3.63, 3.8) is 0 Å². The van der Waals surface area contributed by atoms with Crippen molar-refractivity contribution in [2.45, 2.75) is 45.1 Å². The van der Waals surface area contributed by atoms with Crippen molar-refractivity contribution in [1.82, 2.24) is 0 Å². The molecule has 0 spiro atoms. The molecule has 1 aromatic carbocycles. The molecule has 0 bridgehead atoms. The van der Waals surface area contributed by atoms with Gasteiger partial charge in [0.05, 0.1) is 11.8 Å². The number of nitrogens with two attached hydrogens (primary N) is 1. The summed E-state index contributed by atoms with van der Waals surface area (Å²) < 4.78 is 14.7. The number of nitrogens with zero attached hydrogens (tertiary/aromatic N) is 2. The number of hydrogen-bond donors (Lipinski definition) is 2. The van der Waals surface area contributed by atoms with Crippen molar-refractivity contribution in [3.05, 3.63) is 53.1 Å². The lowest BCUT2D eigenvalue weighted by atomic mass is 9.69. The second-order valence-corrected chi connectivity index (χ2v) is 6.78. The van der Waals surface area contributed by atoms with Gasteiger partial charge in [-0.1, -0.05) is 38.3 Å². The topological polar surface area (TPSA) is 79.8 Å². The van der Waals surface area contributed by atoms with Crippen LogP contribution in [0, 0.1) is 11.7 Å². The molecule has 158 valence electrons. The summed E-state index contributed by atoms with van der Waals surface area (Å²) in [5.74, 6) is -0.269. The van der Waals surface area contributed by atoms with E-state index in [1.165, 1.54) is 12.3 Å². The number of nitrogens with one attached hydrogen (secondary N) is 1. The number of halogens is 2. The number of aldehydes is 1. The van der Waals surface area contributed by atoms with Crippen LogP contribution in [0.2, 0.25) is 0 Å². The molecule has 5 nitrogen and oxygen atoms in total. The number of carbonyl (C=O) groups is 1. The molecule has 2 unspecified atom stereocenters. The highest BCUT2D eigenvalue weighted by molar-refractivity contribution is 6.31. The number of hydrogen-bond acceptors (Lipinski definition) is 5. The number of allylic oxidation sites excluding steroid dienone is 2. The third-order valence-electron chi connectivity index (χ3n) is 4.86. The zero-order chi connectivity index (χ0) is 21.7. The molecule has 1 aliphatic rings. The van der Waals surface area contributed by atoms with Gasteiger partial charge in [-0.3, -0.25) is 14.8 Å². The van der Waals surface area contributed by atoms with Crippen molar-refractivity contribution in [2.24, 2.45) is 21.6 Å². The van der Waals surface area contributed by atoms with Gasteiger partial charge in [0.15, 0.2) is 6.29 Å². The zero-order valence-electron chi connectivity index (χ0n) is 17.1. The molecule has 0 aromatic heterocycles. The van der Waals surface area contributed by atoms with Crippen molar-refractivity contribution in [1.29, 1.82) is 0 Å². The van der Waals surface area contributed by atoms with Gasteiger partial charge in [0.25, 0.3) is 0 Å². The minimum Gasteiger partial charge on any atom is -0.346 e. The first-order valence-electron chi connectivity index (χ1n) is 9.81. The Morgan fingerprint density at radius 3 is 2.86 bits per heavy atom. The fourth-order valence-corrected chi connectivity index (χ4v) is 3.75. The lowest BCUT2D eigenvalue weighted by molar-refractivity contribution is -0.102. The molecule has 0 amide bonds. The predicted molar refractivity (Wildman–Crippen MR) is 121 cm³/mol. The van der Waals surface area contributed by atoms with Gasteiger partial charge in [-0.15, -0.1) is 0 Å². The molecule has 7 heteroatoms. The number of rotatable bonds is 8. The highest BCUT2D eigenvalue weighted by atomic mass is 35.5. The number of benzene rings is 1. The van der Waals surface area contributed by atoms with Crippen LogP contribution < -0.4 is 11.1 Å². The van der Waals surface area contributed by atoms with E-state index in [1.807, 2.05) is 13.8 Å². The maximum Gasteiger partial charge on any atom is 0.161 e. The van der Waals surface area contributed by atoms with E-state index in [-0.39, 0.29) is 11.7 Å². The first-order valence-corrected chi connectivity index (χ1v) is 10.2. The van der Waals surface area contributed by atoms with Gasteiger partial charge in [0.2, 0.25) is 0 Å². The van der Waals surface area contributed by atoms with Gasteiger partial charge >= 0.3 is 0 Å². The highest BCUT2D eigenvalue weighted by Crippen LogP contribution is 2.46. The van der Waals surface area contributed by atoms with E-state index >= 15 is 0 Å². The van der Waals surface area contributed by atoms with E-state index in [0.717, 1.165) is 31.9 Å². The predicted octanol–water partition coefficient (Wildman–Crippen LogP) is 5.17. The summed E-state index contributed by atoms with van der Waals surface area (Å²) in [7, 11) is 0. The van der Waals surface area contributed by atoms with Crippen LogP contribution in [-0.4, -0.2) is 25.8 Å². The smallest absolute Gasteiger partial charge is 0.161 e. The van der Waals surface area contributed by atoms with Gasteiger partial charge in [0.1, 0.15) is 11.0 Å². The van der Waals surface area contributed by atoms with Crippen molar-refractivity contribution in [3.8, 4) is 0 Å². The van der Waals surface area contributed by atoms with E-state index < -0.39 is 5.54 Å². The van der Waals surface area contributed by atoms with Gasteiger partial charge in [-0.05, 0) is 56.5 Å². The maximum absolute atomic E-state index is 14.7. The Morgan fingerprint density at radius 1 is 1.45 bits per heavy atom. The van der Waals surface area contributed by atoms with Gasteiger partial charge in [0, 0.05) is 23.4 Å². The van der Waals surface area contributed by atoms with Gasteiger partial charge in [-0.2, -0.15) is 0 Å². The Morgan fingerprint density at radius 2 is 2.21 bits per heavy atom. The normalized spacial score (nSPS) is 22.2. The second kappa shape index (κ2) is 13.0. The molecule has 0 saturated heterocycles. The molecule has 1 fully saturated rings. The molecule has 0 aliphatic heterocycles. The summed E-state index contributed by atoms with van der Waals surface area (Å²) in [4.78, 5) is 18.2. The second-order valence-electron chi connectivity index (χ2n) is 6.37. The van der Waals surface area contributed by atoms with Crippen LogP contribution in [0.15, 0.2) is 51.7 Å². The average molecular weight is 421 g/mol. The Bertz CT molecular complexity index is 763. The summed E-state index contributed by atoms with van der Waals surface area (Å²) in [5, 5.41) is 3.33. The highest BCUT2D eigenvalue weighted by Gasteiger charge is 2.42. The van der Waals surface area contributed by atoms with Gasteiger partial charge in [-0.25, -0.2) is 4.39 Å². The number of anilines is 1. The monoisotopic (exact) mass is 420 g/mol. The first kappa shape index (κ1) is 24.7. The molecule has 1 aliphatic carbocycles. The van der Waals surface area contributed by atoms with Crippen LogP contribution in [-0.2, 0) is 10.3 Å². The van der Waals surface area contributed by atoms with Crippen LogP contribution in [0.5, 0.6) is 0 Å². The van der Waals surface area contributed by atoms with E-state index in [1.54, 1.807) is 24.3 Å². The quantitative estimate of drug-likeness (QED) is 0.263. The molecule has 0 heterocycles. The Kier molecular flexibility index (Phi) is 11.1. The maximum atomic E-state index is 14.7. The minimum absolute atomic E-state index is 0.0538. The van der Waals surface area contributed by atoms with Crippen LogP contribution in [0.4, 0.5) is 10.1 Å². The zero-order valence-corrected chi connectivity index (χ0v) is 17.8. The van der Waals surface area contributed by atoms with E-state index in [2.05, 4.69) is 22.0 Å². The average Bonchev–Trinajstić information content (AvgIpc) is 2.76.